The van der Waals surface area contributed by atoms with Crippen LogP contribution in [0.1, 0.15) is 32.6 Å². The minimum atomic E-state index is 0. The Kier molecular flexibility index (Phi) is 5.06. The molecular formula is C12H23ClN2O. The average Bonchev–Trinajstić information content (AvgIpc) is 3.11. The van der Waals surface area contributed by atoms with Crippen LogP contribution >= 0.6 is 12.4 Å². The SMILES string of the molecule is CC(C(=O)N1CCCC(CN)C1)C1CC1.Cl. The van der Waals surface area contributed by atoms with Gasteiger partial charge in [-0.2, -0.15) is 0 Å². The summed E-state index contributed by atoms with van der Waals surface area (Å²) in [4.78, 5) is 14.2. The Bertz CT molecular complexity index is 243. The Morgan fingerprint density at radius 2 is 2.12 bits per heavy atom. The highest BCUT2D eigenvalue weighted by atomic mass is 35.5. The number of carbonyl (C=O) groups excluding carboxylic acids is 1. The molecular weight excluding hydrogens is 224 g/mol. The molecule has 94 valence electrons. The predicted octanol–water partition coefficient (Wildman–Crippen LogP) is 1.65. The molecule has 0 spiro atoms. The number of halogens is 1. The summed E-state index contributed by atoms with van der Waals surface area (Å²) in [7, 11) is 0. The summed E-state index contributed by atoms with van der Waals surface area (Å²) in [5.41, 5.74) is 5.68. The van der Waals surface area contributed by atoms with Gasteiger partial charge in [-0.1, -0.05) is 6.92 Å². The Balaban J connectivity index is 0.00000128. The fourth-order valence-electron chi connectivity index (χ4n) is 2.54. The van der Waals surface area contributed by atoms with Gasteiger partial charge in [-0.15, -0.1) is 12.4 Å². The Hall–Kier alpha value is -0.280. The number of piperidine rings is 1. The topological polar surface area (TPSA) is 46.3 Å². The first-order chi connectivity index (χ1) is 7.22. The fraction of sp³-hybridized carbons (Fsp3) is 0.917. The summed E-state index contributed by atoms with van der Waals surface area (Å²) >= 11 is 0. The Morgan fingerprint density at radius 1 is 1.44 bits per heavy atom. The first kappa shape index (κ1) is 13.8. The molecule has 0 aromatic carbocycles. The number of likely N-dealkylation sites (tertiary alicyclic amines) is 1. The van der Waals surface area contributed by atoms with E-state index in [9.17, 15) is 4.79 Å². The maximum absolute atomic E-state index is 12.1. The second kappa shape index (κ2) is 5.87. The number of carbonyl (C=O) groups is 1. The molecule has 0 aromatic heterocycles. The van der Waals surface area contributed by atoms with Gasteiger partial charge in [0.15, 0.2) is 0 Å². The molecule has 2 atom stereocenters. The van der Waals surface area contributed by atoms with Crippen LogP contribution in [-0.2, 0) is 4.79 Å². The van der Waals surface area contributed by atoms with E-state index < -0.39 is 0 Å². The largest absolute Gasteiger partial charge is 0.342 e. The summed E-state index contributed by atoms with van der Waals surface area (Å²) < 4.78 is 0. The van der Waals surface area contributed by atoms with Crippen molar-refractivity contribution < 1.29 is 4.79 Å². The van der Waals surface area contributed by atoms with Crippen molar-refractivity contribution in [2.24, 2.45) is 23.5 Å². The van der Waals surface area contributed by atoms with E-state index in [-0.39, 0.29) is 18.3 Å². The van der Waals surface area contributed by atoms with Crippen molar-refractivity contribution in [3.8, 4) is 0 Å². The lowest BCUT2D eigenvalue weighted by Gasteiger charge is -2.34. The molecule has 2 rings (SSSR count). The highest BCUT2D eigenvalue weighted by molar-refractivity contribution is 5.85. The van der Waals surface area contributed by atoms with Crippen LogP contribution in [0.5, 0.6) is 0 Å². The highest BCUT2D eigenvalue weighted by Crippen LogP contribution is 2.37. The second-order valence-electron chi connectivity index (χ2n) is 5.15. The van der Waals surface area contributed by atoms with Crippen LogP contribution < -0.4 is 5.73 Å². The molecule has 4 heteroatoms. The highest BCUT2D eigenvalue weighted by Gasteiger charge is 2.35. The number of hydrogen-bond acceptors (Lipinski definition) is 2. The van der Waals surface area contributed by atoms with E-state index in [4.69, 9.17) is 5.73 Å². The lowest BCUT2D eigenvalue weighted by Crippen LogP contribution is -2.44. The van der Waals surface area contributed by atoms with Gasteiger partial charge in [0.2, 0.25) is 5.91 Å². The number of hydrogen-bond donors (Lipinski definition) is 1. The molecule has 1 aliphatic carbocycles. The van der Waals surface area contributed by atoms with Crippen molar-refractivity contribution in [3.63, 3.8) is 0 Å². The van der Waals surface area contributed by atoms with Crippen LogP contribution in [0.3, 0.4) is 0 Å². The van der Waals surface area contributed by atoms with Crippen LogP contribution in [0, 0.1) is 17.8 Å². The second-order valence-corrected chi connectivity index (χ2v) is 5.15. The number of nitrogens with two attached hydrogens (primary N) is 1. The monoisotopic (exact) mass is 246 g/mol. The summed E-state index contributed by atoms with van der Waals surface area (Å²) in [5.74, 6) is 1.84. The molecule has 0 radical (unpaired) electrons. The van der Waals surface area contributed by atoms with Crippen LogP contribution in [0.4, 0.5) is 0 Å². The number of nitrogens with zero attached hydrogens (tertiary/aromatic N) is 1. The molecule has 3 nitrogen and oxygen atoms in total. The molecule has 2 unspecified atom stereocenters. The third kappa shape index (κ3) is 3.11. The van der Waals surface area contributed by atoms with Crippen molar-refractivity contribution in [1.82, 2.24) is 4.90 Å². The standard InChI is InChI=1S/C12H22N2O.ClH/c1-9(11-4-5-11)12(15)14-6-2-3-10(7-13)8-14;/h9-11H,2-8,13H2,1H3;1H. The lowest BCUT2D eigenvalue weighted by molar-refractivity contribution is -0.137. The molecule has 0 bridgehead atoms. The van der Waals surface area contributed by atoms with Gasteiger partial charge < -0.3 is 10.6 Å². The van der Waals surface area contributed by atoms with Crippen LogP contribution in [0.25, 0.3) is 0 Å². The molecule has 16 heavy (non-hydrogen) atoms. The van der Waals surface area contributed by atoms with Gasteiger partial charge in [0.25, 0.3) is 0 Å². The zero-order chi connectivity index (χ0) is 10.8. The summed E-state index contributed by atoms with van der Waals surface area (Å²) in [6.45, 7) is 4.66. The van der Waals surface area contributed by atoms with Gasteiger partial charge in [-0.3, -0.25) is 4.79 Å². The van der Waals surface area contributed by atoms with Crippen molar-refractivity contribution in [2.75, 3.05) is 19.6 Å². The minimum absolute atomic E-state index is 0. The van der Waals surface area contributed by atoms with Crippen molar-refractivity contribution in [3.05, 3.63) is 0 Å². The molecule has 2 fully saturated rings. The van der Waals surface area contributed by atoms with Crippen LogP contribution in [0.2, 0.25) is 0 Å². The van der Waals surface area contributed by atoms with E-state index in [1.165, 1.54) is 19.3 Å². The normalized spacial score (nSPS) is 27.1. The zero-order valence-electron chi connectivity index (χ0n) is 10.0. The van der Waals surface area contributed by atoms with Crippen LogP contribution in [0.15, 0.2) is 0 Å². The van der Waals surface area contributed by atoms with Gasteiger partial charge in [0.1, 0.15) is 0 Å². The minimum Gasteiger partial charge on any atom is -0.342 e. The first-order valence-electron chi connectivity index (χ1n) is 6.21. The van der Waals surface area contributed by atoms with E-state index in [0.717, 1.165) is 26.1 Å². The van der Waals surface area contributed by atoms with E-state index in [1.807, 2.05) is 4.90 Å². The van der Waals surface area contributed by atoms with Crippen LogP contribution in [-0.4, -0.2) is 30.4 Å². The van der Waals surface area contributed by atoms with E-state index >= 15 is 0 Å². The van der Waals surface area contributed by atoms with Gasteiger partial charge >= 0.3 is 0 Å². The molecule has 2 aliphatic rings. The van der Waals surface area contributed by atoms with E-state index in [1.54, 1.807) is 0 Å². The summed E-state index contributed by atoms with van der Waals surface area (Å²) in [5, 5.41) is 0. The summed E-state index contributed by atoms with van der Waals surface area (Å²) in [6, 6.07) is 0. The molecule has 1 amide bonds. The third-order valence-electron chi connectivity index (χ3n) is 3.88. The maximum Gasteiger partial charge on any atom is 0.225 e. The molecule has 2 N–H and O–H groups in total. The number of rotatable bonds is 3. The van der Waals surface area contributed by atoms with Crippen molar-refractivity contribution in [2.45, 2.75) is 32.6 Å². The van der Waals surface area contributed by atoms with Gasteiger partial charge in [-0.05, 0) is 44.1 Å². The predicted molar refractivity (Wildman–Crippen MR) is 67.5 cm³/mol. The van der Waals surface area contributed by atoms with Gasteiger partial charge in [0, 0.05) is 19.0 Å². The van der Waals surface area contributed by atoms with Gasteiger partial charge in [-0.25, -0.2) is 0 Å². The average molecular weight is 247 g/mol. The molecule has 1 saturated carbocycles. The van der Waals surface area contributed by atoms with Crippen molar-refractivity contribution in [1.29, 1.82) is 0 Å². The quantitative estimate of drug-likeness (QED) is 0.823. The first-order valence-corrected chi connectivity index (χ1v) is 6.21. The Morgan fingerprint density at radius 3 is 2.69 bits per heavy atom. The smallest absolute Gasteiger partial charge is 0.225 e. The maximum atomic E-state index is 12.1. The zero-order valence-corrected chi connectivity index (χ0v) is 10.8. The van der Waals surface area contributed by atoms with E-state index in [2.05, 4.69) is 6.92 Å². The third-order valence-corrected chi connectivity index (χ3v) is 3.88. The van der Waals surface area contributed by atoms with Gasteiger partial charge in [0.05, 0.1) is 0 Å². The van der Waals surface area contributed by atoms with Crippen molar-refractivity contribution >= 4 is 18.3 Å². The fourth-order valence-corrected chi connectivity index (χ4v) is 2.54. The molecule has 1 aliphatic heterocycles. The van der Waals surface area contributed by atoms with E-state index in [0.29, 0.717) is 17.7 Å². The molecule has 1 heterocycles. The number of amides is 1. The molecule has 1 saturated heterocycles. The Labute approximate surface area is 104 Å². The lowest BCUT2D eigenvalue weighted by atomic mass is 9.96. The summed E-state index contributed by atoms with van der Waals surface area (Å²) in [6.07, 6.45) is 4.82. The molecule has 0 aromatic rings.